The first-order valence-corrected chi connectivity index (χ1v) is 16.7. The van der Waals surface area contributed by atoms with Crippen molar-refractivity contribution in [1.82, 2.24) is 9.97 Å². The van der Waals surface area contributed by atoms with Crippen LogP contribution in [0.3, 0.4) is 0 Å². The molecule has 0 aliphatic heterocycles. The second-order valence-corrected chi connectivity index (χ2v) is 13.2. The van der Waals surface area contributed by atoms with Gasteiger partial charge in [-0.2, -0.15) is 0 Å². The number of carbonyl (C=O) groups is 2. The number of rotatable bonds is 10. The molecule has 3 N–H and O–H groups in total. The van der Waals surface area contributed by atoms with Crippen molar-refractivity contribution in [3.8, 4) is 16.9 Å². The van der Waals surface area contributed by atoms with Crippen molar-refractivity contribution < 1.29 is 23.5 Å². The highest BCUT2D eigenvalue weighted by atomic mass is 35.5. The number of para-hydroxylation sites is 2. The van der Waals surface area contributed by atoms with Crippen molar-refractivity contribution in [3.05, 3.63) is 144 Å². The quantitative estimate of drug-likeness (QED) is 0.121. The number of hydrogen-bond acceptors (Lipinski definition) is 7. The molecule has 1 heterocycles. The molecule has 0 bridgehead atoms. The fourth-order valence-electron chi connectivity index (χ4n) is 5.24. The van der Waals surface area contributed by atoms with Crippen LogP contribution >= 0.6 is 11.6 Å². The van der Waals surface area contributed by atoms with Gasteiger partial charge in [-0.25, -0.2) is 19.2 Å². The predicted octanol–water partition coefficient (Wildman–Crippen LogP) is 10.4. The highest BCUT2D eigenvalue weighted by Crippen LogP contribution is 2.33. The summed E-state index contributed by atoms with van der Waals surface area (Å²) in [5.41, 5.74) is 4.99. The Morgan fingerprint density at radius 1 is 0.827 bits per heavy atom. The Balaban J connectivity index is 1.14. The molecule has 0 saturated heterocycles. The molecule has 262 valence electrons. The molecule has 0 atom stereocenters. The van der Waals surface area contributed by atoms with Gasteiger partial charge in [0.2, 0.25) is 5.91 Å². The van der Waals surface area contributed by atoms with Crippen LogP contribution in [0.15, 0.2) is 122 Å². The molecule has 0 saturated carbocycles. The van der Waals surface area contributed by atoms with E-state index in [9.17, 15) is 14.0 Å². The zero-order valence-electron chi connectivity index (χ0n) is 28.6. The van der Waals surface area contributed by atoms with Crippen LogP contribution in [0.4, 0.5) is 32.1 Å². The number of carbonyl (C=O) groups excluding carboxylic acids is 2. The van der Waals surface area contributed by atoms with E-state index in [0.717, 1.165) is 27.6 Å². The van der Waals surface area contributed by atoms with E-state index in [1.807, 2.05) is 48.5 Å². The Morgan fingerprint density at radius 3 is 2.37 bits per heavy atom. The fraction of sp³-hybridized carbons (Fsp3) is 0.122. The molecule has 0 aliphatic rings. The van der Waals surface area contributed by atoms with Gasteiger partial charge < -0.3 is 20.1 Å². The standard InChI is InChI=1S/C41H35ClFN5O4/c1-41(2,3)52-40(50)48-36-13-5-4-12-35(36)47-38(49)19-14-26-8-6-10-28(20-26)29-15-17-34-32(22-29)39(45-25-44-34)46-31-16-18-37(33(42)23-31)51-24-27-9-7-11-30(43)21-27/h4-23,25H,24H2,1-3H3,(H,47,49)(H,48,50)(H,44,45,46)/b19-14+. The highest BCUT2D eigenvalue weighted by Gasteiger charge is 2.17. The third kappa shape index (κ3) is 9.49. The van der Waals surface area contributed by atoms with E-state index >= 15 is 0 Å². The van der Waals surface area contributed by atoms with E-state index in [0.29, 0.717) is 39.2 Å². The van der Waals surface area contributed by atoms with Crippen molar-refractivity contribution in [3.63, 3.8) is 0 Å². The largest absolute Gasteiger partial charge is 0.487 e. The van der Waals surface area contributed by atoms with Crippen LogP contribution in [0.25, 0.3) is 28.1 Å². The molecular weight excluding hydrogens is 681 g/mol. The van der Waals surface area contributed by atoms with Gasteiger partial charge in [-0.05, 0) is 110 Å². The first-order valence-electron chi connectivity index (χ1n) is 16.4. The van der Waals surface area contributed by atoms with E-state index in [1.54, 1.807) is 75.4 Å². The molecular formula is C41H35ClFN5O4. The van der Waals surface area contributed by atoms with Crippen LogP contribution in [0.1, 0.15) is 31.9 Å². The summed E-state index contributed by atoms with van der Waals surface area (Å²) >= 11 is 6.54. The van der Waals surface area contributed by atoms with Crippen LogP contribution in [-0.4, -0.2) is 27.6 Å². The molecule has 0 fully saturated rings. The molecule has 9 nitrogen and oxygen atoms in total. The van der Waals surface area contributed by atoms with Gasteiger partial charge in [-0.15, -0.1) is 0 Å². The first-order chi connectivity index (χ1) is 25.0. The average Bonchev–Trinajstić information content (AvgIpc) is 3.10. The molecule has 52 heavy (non-hydrogen) atoms. The molecule has 6 aromatic rings. The third-order valence-corrected chi connectivity index (χ3v) is 7.88. The molecule has 0 unspecified atom stereocenters. The van der Waals surface area contributed by atoms with Crippen LogP contribution in [0.5, 0.6) is 5.75 Å². The summed E-state index contributed by atoms with van der Waals surface area (Å²) in [5, 5.41) is 10.0. The maximum atomic E-state index is 13.5. The number of benzene rings is 5. The smallest absolute Gasteiger partial charge is 0.412 e. The lowest BCUT2D eigenvalue weighted by Gasteiger charge is -2.20. The van der Waals surface area contributed by atoms with Crippen LogP contribution in [-0.2, 0) is 16.1 Å². The summed E-state index contributed by atoms with van der Waals surface area (Å²) in [4.78, 5) is 34.1. The van der Waals surface area contributed by atoms with E-state index < -0.39 is 11.7 Å². The lowest BCUT2D eigenvalue weighted by Crippen LogP contribution is -2.27. The Labute approximate surface area is 305 Å². The second-order valence-electron chi connectivity index (χ2n) is 12.8. The number of ether oxygens (including phenoxy) is 2. The minimum atomic E-state index is -0.661. The van der Waals surface area contributed by atoms with Crippen molar-refractivity contribution in [2.45, 2.75) is 33.0 Å². The van der Waals surface area contributed by atoms with Crippen molar-refractivity contribution >= 4 is 63.5 Å². The van der Waals surface area contributed by atoms with Gasteiger partial charge in [0.15, 0.2) is 0 Å². The Kier molecular flexibility index (Phi) is 10.8. The van der Waals surface area contributed by atoms with Gasteiger partial charge >= 0.3 is 6.09 Å². The van der Waals surface area contributed by atoms with Gasteiger partial charge in [0.05, 0.1) is 21.9 Å². The summed E-state index contributed by atoms with van der Waals surface area (Å²) in [6.45, 7) is 5.51. The van der Waals surface area contributed by atoms with Gasteiger partial charge in [0.1, 0.15) is 35.9 Å². The molecule has 5 aromatic carbocycles. The van der Waals surface area contributed by atoms with E-state index in [4.69, 9.17) is 21.1 Å². The Hall–Kier alpha value is -6.26. The lowest BCUT2D eigenvalue weighted by molar-refractivity contribution is -0.111. The fourth-order valence-corrected chi connectivity index (χ4v) is 5.47. The SMILES string of the molecule is CC(C)(C)OC(=O)Nc1ccccc1NC(=O)/C=C/c1cccc(-c2ccc3ncnc(Nc4ccc(OCc5cccc(F)c5)c(Cl)c4)c3c2)c1. The lowest BCUT2D eigenvalue weighted by atomic mass is 10.0. The third-order valence-electron chi connectivity index (χ3n) is 7.58. The zero-order valence-corrected chi connectivity index (χ0v) is 29.4. The van der Waals surface area contributed by atoms with Gasteiger partial charge in [-0.1, -0.05) is 60.1 Å². The maximum Gasteiger partial charge on any atom is 0.412 e. The number of aromatic nitrogens is 2. The number of halogens is 2. The van der Waals surface area contributed by atoms with Crippen molar-refractivity contribution in [1.29, 1.82) is 0 Å². The number of nitrogens with zero attached hydrogens (tertiary/aromatic N) is 2. The first kappa shape index (κ1) is 35.6. The number of fused-ring (bicyclic) bond motifs is 1. The summed E-state index contributed by atoms with van der Waals surface area (Å²) in [6, 6.07) is 32.1. The Bertz CT molecular complexity index is 2290. The van der Waals surface area contributed by atoms with E-state index in [2.05, 4.69) is 25.9 Å². The molecule has 2 amide bonds. The topological polar surface area (TPSA) is 114 Å². The number of amides is 2. The van der Waals surface area contributed by atoms with E-state index in [-0.39, 0.29) is 18.3 Å². The van der Waals surface area contributed by atoms with Crippen molar-refractivity contribution in [2.24, 2.45) is 0 Å². The highest BCUT2D eigenvalue weighted by molar-refractivity contribution is 6.32. The minimum absolute atomic E-state index is 0.178. The summed E-state index contributed by atoms with van der Waals surface area (Å²) in [5.74, 6) is 0.365. The molecule has 6 rings (SSSR count). The van der Waals surface area contributed by atoms with Crippen LogP contribution < -0.4 is 20.7 Å². The minimum Gasteiger partial charge on any atom is -0.487 e. The molecule has 11 heteroatoms. The zero-order chi connectivity index (χ0) is 36.7. The van der Waals surface area contributed by atoms with E-state index in [1.165, 1.54) is 24.5 Å². The maximum absolute atomic E-state index is 13.5. The average molecular weight is 716 g/mol. The number of anilines is 4. The summed E-state index contributed by atoms with van der Waals surface area (Å²) in [6.07, 6.45) is 4.02. The second kappa shape index (κ2) is 15.7. The van der Waals surface area contributed by atoms with Gasteiger partial charge in [0.25, 0.3) is 0 Å². The Morgan fingerprint density at radius 2 is 1.60 bits per heavy atom. The number of nitrogens with one attached hydrogen (secondary N) is 3. The number of hydrogen-bond donors (Lipinski definition) is 3. The van der Waals surface area contributed by atoms with Crippen LogP contribution in [0, 0.1) is 5.82 Å². The van der Waals surface area contributed by atoms with Gasteiger partial charge in [0, 0.05) is 17.1 Å². The predicted molar refractivity (Wildman–Crippen MR) is 204 cm³/mol. The molecule has 1 aromatic heterocycles. The molecule has 0 radical (unpaired) electrons. The van der Waals surface area contributed by atoms with Crippen LogP contribution in [0.2, 0.25) is 5.02 Å². The normalized spacial score (nSPS) is 11.3. The monoisotopic (exact) mass is 715 g/mol. The summed E-state index contributed by atoms with van der Waals surface area (Å²) in [7, 11) is 0. The molecule has 0 aliphatic carbocycles. The summed E-state index contributed by atoms with van der Waals surface area (Å²) < 4.78 is 24.7. The molecule has 0 spiro atoms. The van der Waals surface area contributed by atoms with Crippen molar-refractivity contribution in [2.75, 3.05) is 16.0 Å². The van der Waals surface area contributed by atoms with Gasteiger partial charge in [-0.3, -0.25) is 10.1 Å².